The summed E-state index contributed by atoms with van der Waals surface area (Å²) in [6.45, 7) is 2.11. The highest BCUT2D eigenvalue weighted by molar-refractivity contribution is 5.67. The molecule has 0 aromatic carbocycles. The first-order chi connectivity index (χ1) is 26.3. The summed E-state index contributed by atoms with van der Waals surface area (Å²) in [7, 11) is 0. The van der Waals surface area contributed by atoms with Crippen molar-refractivity contribution in [1.29, 1.82) is 0 Å². The van der Waals surface area contributed by atoms with E-state index in [1.165, 1.54) is 13.8 Å². The van der Waals surface area contributed by atoms with E-state index in [-0.39, 0.29) is 0 Å². The van der Waals surface area contributed by atoms with Gasteiger partial charge in [-0.1, -0.05) is 0 Å². The van der Waals surface area contributed by atoms with Gasteiger partial charge in [-0.15, -0.1) is 0 Å². The highest BCUT2D eigenvalue weighted by atomic mass is 16.8. The first-order valence-electron chi connectivity index (χ1n) is 17.9. The third-order valence-corrected chi connectivity index (χ3v) is 10.1. The molecular formula is C32H52O24. The largest absolute Gasteiger partial charge is 0.456 e. The first kappa shape index (κ1) is 45.2. The summed E-state index contributed by atoms with van der Waals surface area (Å²) in [5.41, 5.74) is -2.18. The van der Waals surface area contributed by atoms with Gasteiger partial charge in [-0.2, -0.15) is 0 Å². The molecule has 22 atom stereocenters. The second-order valence-electron chi connectivity index (χ2n) is 14.3. The molecule has 0 radical (unpaired) electrons. The Bertz CT molecular complexity index is 1310. The van der Waals surface area contributed by atoms with Crippen molar-refractivity contribution in [3.8, 4) is 0 Å². The minimum absolute atomic E-state index is 0.549. The van der Waals surface area contributed by atoms with Crippen LogP contribution in [0.5, 0.6) is 0 Å². The summed E-state index contributed by atoms with van der Waals surface area (Å²) in [4.78, 5) is 24.0. The molecular weight excluding hydrogens is 768 g/mol. The van der Waals surface area contributed by atoms with Crippen molar-refractivity contribution in [2.45, 2.75) is 162 Å². The summed E-state index contributed by atoms with van der Waals surface area (Å²) < 4.78 is 61.7. The Kier molecular flexibility index (Phi) is 15.0. The lowest BCUT2D eigenvalue weighted by Crippen LogP contribution is -2.66. The Balaban J connectivity index is 1.35. The van der Waals surface area contributed by atoms with E-state index in [0.717, 1.165) is 13.8 Å². The van der Waals surface area contributed by atoms with E-state index in [0.29, 0.717) is 0 Å². The van der Waals surface area contributed by atoms with Gasteiger partial charge >= 0.3 is 11.9 Å². The number of aliphatic hydroxyl groups excluding tert-OH is 10. The number of ether oxygens (including phenoxy) is 11. The van der Waals surface area contributed by atoms with Gasteiger partial charge in [-0.05, 0) is 13.8 Å². The Morgan fingerprint density at radius 1 is 0.607 bits per heavy atom. The number of hydrogen-bond donors (Lipinski definition) is 11. The minimum Gasteiger partial charge on any atom is -0.456 e. The number of hydrogen-bond acceptors (Lipinski definition) is 24. The maximum absolute atomic E-state index is 12.1. The molecule has 5 aliphatic heterocycles. The third kappa shape index (κ3) is 9.45. The van der Waals surface area contributed by atoms with Gasteiger partial charge in [0.25, 0.3) is 0 Å². The highest BCUT2D eigenvalue weighted by Gasteiger charge is 2.57. The van der Waals surface area contributed by atoms with Crippen molar-refractivity contribution >= 4 is 11.9 Å². The Labute approximate surface area is 318 Å². The van der Waals surface area contributed by atoms with Crippen molar-refractivity contribution < 1.29 is 118 Å². The highest BCUT2D eigenvalue weighted by Crippen LogP contribution is 2.37. The van der Waals surface area contributed by atoms with Crippen LogP contribution in [0.3, 0.4) is 0 Å². The molecule has 5 rings (SSSR count). The fraction of sp³-hybridized carbons (Fsp3) is 0.938. The molecule has 5 heterocycles. The molecule has 11 N–H and O–H groups in total. The smallest absolute Gasteiger partial charge is 0.303 e. The zero-order valence-corrected chi connectivity index (χ0v) is 30.7. The molecule has 24 nitrogen and oxygen atoms in total. The van der Waals surface area contributed by atoms with Crippen LogP contribution in [0, 0.1) is 0 Å². The molecule has 0 spiro atoms. The van der Waals surface area contributed by atoms with Crippen LogP contribution in [0.15, 0.2) is 0 Å². The predicted molar refractivity (Wildman–Crippen MR) is 171 cm³/mol. The van der Waals surface area contributed by atoms with Gasteiger partial charge in [-0.25, -0.2) is 0 Å². The lowest BCUT2D eigenvalue weighted by atomic mass is 9.96. The van der Waals surface area contributed by atoms with E-state index in [1.807, 2.05) is 0 Å². The summed E-state index contributed by atoms with van der Waals surface area (Å²) in [6, 6.07) is 0. The van der Waals surface area contributed by atoms with Gasteiger partial charge < -0.3 is 108 Å². The number of rotatable bonds is 12. The van der Waals surface area contributed by atoms with Crippen molar-refractivity contribution in [1.82, 2.24) is 0 Å². The summed E-state index contributed by atoms with van der Waals surface area (Å²) >= 11 is 0. The van der Waals surface area contributed by atoms with Gasteiger partial charge in [0.15, 0.2) is 49.8 Å². The summed E-state index contributed by atoms with van der Waals surface area (Å²) in [5, 5.41) is 116. The van der Waals surface area contributed by atoms with Crippen LogP contribution in [0.1, 0.15) is 27.7 Å². The molecule has 0 aromatic heterocycles. The van der Waals surface area contributed by atoms with Crippen LogP contribution < -0.4 is 0 Å². The SMILES string of the molecule is CC(=O)O[C@@H]1[C@@H](O[C@@H]2O[C@@H](C)[C@H](O[C@@H]3OC[C@@H](O[C@@H]4O[C@H](CO)[C@H](O)[C@H](O)[C@H]4O)[C@H](O)[C@H]3O)[C@@H](O[C@@H]3OC[C@@](O)(CO)[C@@H]3O)[C@H]2O)[C@H](O)O[C@H](C)[C@@H]1OC(C)=O. The average molecular weight is 821 g/mol. The van der Waals surface area contributed by atoms with Gasteiger partial charge in [-0.3, -0.25) is 9.59 Å². The number of carbonyl (C=O) groups excluding carboxylic acids is 2. The van der Waals surface area contributed by atoms with Crippen LogP contribution >= 0.6 is 0 Å². The zero-order valence-electron chi connectivity index (χ0n) is 30.7. The van der Waals surface area contributed by atoms with Crippen molar-refractivity contribution in [2.24, 2.45) is 0 Å². The average Bonchev–Trinajstić information content (AvgIpc) is 3.43. The lowest BCUT2D eigenvalue weighted by Gasteiger charge is -2.49. The normalized spacial score (nSPS) is 50.0. The van der Waals surface area contributed by atoms with Gasteiger partial charge in [0, 0.05) is 13.8 Å². The van der Waals surface area contributed by atoms with Crippen LogP contribution in [0.2, 0.25) is 0 Å². The fourth-order valence-corrected chi connectivity index (χ4v) is 6.99. The number of aliphatic hydroxyl groups is 11. The molecule has 56 heavy (non-hydrogen) atoms. The molecule has 24 heteroatoms. The maximum atomic E-state index is 12.1. The quantitative estimate of drug-likeness (QED) is 0.0815. The van der Waals surface area contributed by atoms with E-state index in [4.69, 9.17) is 52.1 Å². The van der Waals surface area contributed by atoms with Crippen LogP contribution in [-0.4, -0.2) is 229 Å². The summed E-state index contributed by atoms with van der Waals surface area (Å²) in [6.07, 6.45) is -34.5. The van der Waals surface area contributed by atoms with Crippen LogP contribution in [-0.2, 0) is 61.7 Å². The van der Waals surface area contributed by atoms with Crippen molar-refractivity contribution in [3.63, 3.8) is 0 Å². The van der Waals surface area contributed by atoms with Crippen molar-refractivity contribution in [3.05, 3.63) is 0 Å². The minimum atomic E-state index is -2.18. The van der Waals surface area contributed by atoms with Crippen LogP contribution in [0.4, 0.5) is 0 Å². The number of carbonyl (C=O) groups is 2. The molecule has 0 saturated carbocycles. The van der Waals surface area contributed by atoms with Crippen molar-refractivity contribution in [2.75, 3.05) is 26.4 Å². The number of esters is 2. The first-order valence-corrected chi connectivity index (χ1v) is 17.9. The summed E-state index contributed by atoms with van der Waals surface area (Å²) in [5.74, 6) is -1.64. The second kappa shape index (κ2) is 18.6. The van der Waals surface area contributed by atoms with E-state index < -0.39 is 173 Å². The van der Waals surface area contributed by atoms with E-state index in [9.17, 15) is 65.8 Å². The lowest BCUT2D eigenvalue weighted by molar-refractivity contribution is -0.387. The van der Waals surface area contributed by atoms with E-state index in [2.05, 4.69) is 0 Å². The topological polar surface area (TPSA) is 358 Å². The van der Waals surface area contributed by atoms with Gasteiger partial charge in [0.1, 0.15) is 72.7 Å². The molecule has 5 fully saturated rings. The molecule has 0 unspecified atom stereocenters. The third-order valence-electron chi connectivity index (χ3n) is 10.1. The molecule has 0 aliphatic carbocycles. The van der Waals surface area contributed by atoms with Gasteiger partial charge in [0.05, 0.1) is 38.6 Å². The second-order valence-corrected chi connectivity index (χ2v) is 14.3. The van der Waals surface area contributed by atoms with Crippen LogP contribution in [0.25, 0.3) is 0 Å². The molecule has 0 amide bonds. The maximum Gasteiger partial charge on any atom is 0.303 e. The van der Waals surface area contributed by atoms with E-state index in [1.54, 1.807) is 0 Å². The molecule has 0 aromatic rings. The van der Waals surface area contributed by atoms with Gasteiger partial charge in [0.2, 0.25) is 0 Å². The van der Waals surface area contributed by atoms with E-state index >= 15 is 0 Å². The Morgan fingerprint density at radius 3 is 1.79 bits per heavy atom. The zero-order chi connectivity index (χ0) is 41.4. The molecule has 324 valence electrons. The standard InChI is InChI=1S/C32H52O24/c1-9-22(50-11(3)35)24(51-12(4)36)25(27(44)48-9)56-30-20(42)23(55-31-26(43)32(45,7-34)8-47-31)21(10(2)49-30)54-28-18(40)16(38)14(6-46-28)53-29-19(41)17(39)15(37)13(5-33)52-29/h9-10,13-31,33-34,37-45H,5-8H2,1-4H3/t9-,10+,13-,14-,15+,16+,17+,18-,19-,20-,21+,22+,23+,24+,25-,26-,27-,28+,29+,30+,31+,32+/m1/s1. The fourth-order valence-electron chi connectivity index (χ4n) is 6.99. The molecule has 5 saturated heterocycles. The predicted octanol–water partition coefficient (Wildman–Crippen LogP) is -7.45. The Morgan fingerprint density at radius 2 is 1.18 bits per heavy atom. The molecule has 5 aliphatic rings. The Hall–Kier alpha value is -1.86. The monoisotopic (exact) mass is 820 g/mol. The molecule has 0 bridgehead atoms.